The van der Waals surface area contributed by atoms with Crippen molar-refractivity contribution in [3.05, 3.63) is 89.5 Å². The number of benzene rings is 3. The number of hydrogen-bond acceptors (Lipinski definition) is 4. The fourth-order valence-corrected chi connectivity index (χ4v) is 2.44. The Kier molecular flexibility index (Phi) is 6.39. The molecule has 0 saturated carbocycles. The Balaban J connectivity index is 1.49. The van der Waals surface area contributed by atoms with Crippen molar-refractivity contribution in [2.24, 2.45) is 5.16 Å². The van der Waals surface area contributed by atoms with Gasteiger partial charge in [0.05, 0.1) is 5.56 Å². The first-order valence-corrected chi connectivity index (χ1v) is 8.68. The highest BCUT2D eigenvalue weighted by molar-refractivity contribution is 5.63. The molecule has 0 atom stereocenters. The van der Waals surface area contributed by atoms with Crippen molar-refractivity contribution in [2.45, 2.75) is 19.2 Å². The van der Waals surface area contributed by atoms with E-state index >= 15 is 0 Å². The first-order valence-electron chi connectivity index (χ1n) is 8.68. The predicted octanol–water partition coefficient (Wildman–Crippen LogP) is 5.75. The lowest BCUT2D eigenvalue weighted by Crippen LogP contribution is -2.04. The average Bonchev–Trinajstić information content (AvgIpc) is 2.70. The average molecular weight is 400 g/mol. The van der Waals surface area contributed by atoms with Gasteiger partial charge in [-0.1, -0.05) is 41.6 Å². The highest BCUT2D eigenvalue weighted by atomic mass is 19.4. The Morgan fingerprint density at radius 1 is 1.03 bits per heavy atom. The number of phenolic OH excluding ortho intramolecular Hbond substituents is 1. The van der Waals surface area contributed by atoms with Crippen molar-refractivity contribution in [1.29, 1.82) is 0 Å². The van der Waals surface area contributed by atoms with Gasteiger partial charge in [0.2, 0.25) is 0 Å². The number of ether oxygens (including phenoxy) is 1. The number of halogens is 3. The van der Waals surface area contributed by atoms with Gasteiger partial charge < -0.3 is 14.7 Å². The number of phenols is 1. The van der Waals surface area contributed by atoms with E-state index in [-0.39, 0.29) is 12.4 Å². The number of aromatic hydroxyl groups is 1. The number of hydrogen-bond donors (Lipinski definition) is 1. The summed E-state index contributed by atoms with van der Waals surface area (Å²) in [5.41, 5.74) is 0.478. The lowest BCUT2D eigenvalue weighted by molar-refractivity contribution is -0.137. The van der Waals surface area contributed by atoms with E-state index in [4.69, 9.17) is 9.57 Å². The van der Waals surface area contributed by atoms with Crippen LogP contribution in [0.25, 0.3) is 0 Å². The Hall–Kier alpha value is -3.48. The maximum absolute atomic E-state index is 12.5. The minimum atomic E-state index is -4.36. The molecule has 29 heavy (non-hydrogen) atoms. The van der Waals surface area contributed by atoms with E-state index in [1.807, 2.05) is 12.1 Å². The molecule has 0 aliphatic heterocycles. The second kappa shape index (κ2) is 9.14. The van der Waals surface area contributed by atoms with Gasteiger partial charge >= 0.3 is 6.18 Å². The molecule has 0 aliphatic rings. The van der Waals surface area contributed by atoms with Gasteiger partial charge in [0.1, 0.15) is 23.9 Å². The smallest absolute Gasteiger partial charge is 0.416 e. The molecule has 3 aromatic carbocycles. The molecule has 0 bridgehead atoms. The first-order chi connectivity index (χ1) is 13.9. The molecule has 4 nitrogen and oxygen atoms in total. The van der Waals surface area contributed by atoms with Crippen molar-refractivity contribution in [1.82, 2.24) is 0 Å². The van der Waals surface area contributed by atoms with E-state index in [9.17, 15) is 18.3 Å². The Bertz CT molecular complexity index is 955. The molecular weight excluding hydrogens is 383 g/mol. The summed E-state index contributed by atoms with van der Waals surface area (Å²) in [5.74, 6) is 1.06. The predicted molar refractivity (Wildman–Crippen MR) is 102 cm³/mol. The van der Waals surface area contributed by atoms with Crippen LogP contribution >= 0.6 is 0 Å². The topological polar surface area (TPSA) is 51.0 Å². The van der Waals surface area contributed by atoms with Crippen LogP contribution < -0.4 is 4.74 Å². The molecule has 1 N–H and O–H groups in total. The molecule has 3 aromatic rings. The Morgan fingerprint density at radius 3 is 2.48 bits per heavy atom. The van der Waals surface area contributed by atoms with Crippen molar-refractivity contribution in [3.8, 4) is 17.2 Å². The van der Waals surface area contributed by atoms with E-state index in [0.29, 0.717) is 29.0 Å². The van der Waals surface area contributed by atoms with Crippen LogP contribution in [0.5, 0.6) is 17.2 Å². The van der Waals surface area contributed by atoms with Gasteiger partial charge in [-0.15, -0.1) is 0 Å². The van der Waals surface area contributed by atoms with Crippen molar-refractivity contribution in [3.63, 3.8) is 0 Å². The summed E-state index contributed by atoms with van der Waals surface area (Å²) in [6.45, 7) is 0.0426. The van der Waals surface area contributed by atoms with E-state index < -0.39 is 11.7 Å². The summed E-state index contributed by atoms with van der Waals surface area (Å²) in [4.78, 5) is 5.09. The molecule has 0 heterocycles. The zero-order chi connectivity index (χ0) is 20.7. The number of nitrogens with zero attached hydrogens (tertiary/aromatic N) is 1. The maximum atomic E-state index is 12.5. The van der Waals surface area contributed by atoms with Crippen molar-refractivity contribution in [2.75, 3.05) is 0 Å². The molecule has 1 radical (unpaired) electrons. The third-order valence-electron chi connectivity index (χ3n) is 3.94. The van der Waals surface area contributed by atoms with Crippen molar-refractivity contribution < 1.29 is 27.9 Å². The van der Waals surface area contributed by atoms with Gasteiger partial charge in [-0.2, -0.15) is 13.2 Å². The number of oxime groups is 1. The fraction of sp³-hybridized carbons (Fsp3) is 0.136. The largest absolute Gasteiger partial charge is 0.508 e. The number of alkyl halides is 3. The van der Waals surface area contributed by atoms with Crippen LogP contribution in [0.2, 0.25) is 0 Å². The molecular formula is C22H17F3NO3. The molecule has 0 amide bonds. The lowest BCUT2D eigenvalue weighted by Gasteiger charge is -2.08. The molecule has 0 fully saturated rings. The van der Waals surface area contributed by atoms with Gasteiger partial charge in [0, 0.05) is 24.8 Å². The molecule has 7 heteroatoms. The fourth-order valence-electron chi connectivity index (χ4n) is 2.44. The van der Waals surface area contributed by atoms with E-state index in [1.165, 1.54) is 24.4 Å². The van der Waals surface area contributed by atoms with Crippen LogP contribution in [0, 0.1) is 6.07 Å². The number of rotatable bonds is 7. The minimum absolute atomic E-state index is 0.0426. The minimum Gasteiger partial charge on any atom is -0.508 e. The summed E-state index contributed by atoms with van der Waals surface area (Å²) < 4.78 is 43.1. The van der Waals surface area contributed by atoms with Crippen LogP contribution in [-0.2, 0) is 24.0 Å². The molecule has 0 unspecified atom stereocenters. The maximum Gasteiger partial charge on any atom is 0.416 e. The zero-order valence-corrected chi connectivity index (χ0v) is 15.2. The Morgan fingerprint density at radius 2 is 1.83 bits per heavy atom. The Labute approximate surface area is 165 Å². The number of para-hydroxylation sites is 1. The molecule has 0 aliphatic carbocycles. The van der Waals surface area contributed by atoms with Crippen LogP contribution in [0.15, 0.2) is 71.9 Å². The molecule has 149 valence electrons. The summed E-state index contributed by atoms with van der Waals surface area (Å²) in [5, 5.41) is 13.9. The summed E-state index contributed by atoms with van der Waals surface area (Å²) in [6, 6.07) is 19.6. The van der Waals surface area contributed by atoms with Crippen molar-refractivity contribution >= 4 is 6.21 Å². The van der Waals surface area contributed by atoms with Crippen LogP contribution in [-0.4, -0.2) is 11.3 Å². The first kappa shape index (κ1) is 20.3. The quantitative estimate of drug-likeness (QED) is 0.406. The standard InChI is InChI=1S/C22H17F3NO3/c23-22(24,25)18-9-6-16(7-10-18)15-28-26-13-12-17-8-11-20(14-21(17)27)29-19-4-2-1-3-5-19/h1-4,6-11,13-14,27H,12,15H2. The lowest BCUT2D eigenvalue weighted by atomic mass is 10.1. The van der Waals surface area contributed by atoms with Crippen LogP contribution in [0.4, 0.5) is 13.2 Å². The van der Waals surface area contributed by atoms with Gasteiger partial charge in [-0.25, -0.2) is 0 Å². The van der Waals surface area contributed by atoms with Gasteiger partial charge in [-0.3, -0.25) is 0 Å². The SMILES string of the molecule is Oc1cc(Oc2[c]cccc2)ccc1CC=NOCc1ccc(C(F)(F)F)cc1. The van der Waals surface area contributed by atoms with Gasteiger partial charge in [0.15, 0.2) is 0 Å². The third kappa shape index (κ3) is 6.00. The normalized spacial score (nSPS) is 11.6. The third-order valence-corrected chi connectivity index (χ3v) is 3.94. The van der Waals surface area contributed by atoms with Gasteiger partial charge in [0.25, 0.3) is 0 Å². The molecule has 3 rings (SSSR count). The van der Waals surface area contributed by atoms with Crippen LogP contribution in [0.3, 0.4) is 0 Å². The van der Waals surface area contributed by atoms with E-state index in [1.54, 1.807) is 24.3 Å². The summed E-state index contributed by atoms with van der Waals surface area (Å²) in [7, 11) is 0. The second-order valence-electron chi connectivity index (χ2n) is 6.08. The molecule has 0 spiro atoms. The van der Waals surface area contributed by atoms with E-state index in [0.717, 1.165) is 12.1 Å². The second-order valence-corrected chi connectivity index (χ2v) is 6.08. The zero-order valence-electron chi connectivity index (χ0n) is 15.2. The van der Waals surface area contributed by atoms with Gasteiger partial charge in [-0.05, 0) is 35.4 Å². The summed E-state index contributed by atoms with van der Waals surface area (Å²) >= 11 is 0. The van der Waals surface area contributed by atoms with E-state index in [2.05, 4.69) is 11.2 Å². The summed E-state index contributed by atoms with van der Waals surface area (Å²) in [6.07, 6.45) is -2.58. The molecule has 0 saturated heterocycles. The monoisotopic (exact) mass is 400 g/mol. The highest BCUT2D eigenvalue weighted by Crippen LogP contribution is 2.29. The van der Waals surface area contributed by atoms with Crippen LogP contribution in [0.1, 0.15) is 16.7 Å². The molecule has 0 aromatic heterocycles. The highest BCUT2D eigenvalue weighted by Gasteiger charge is 2.29.